The SMILES string of the molecule is CN(C)c1cc[n+](CSC([NH3+])N(C)C)cc1. The van der Waals surface area contributed by atoms with E-state index in [1.54, 1.807) is 0 Å². The number of hydrogen-bond acceptors (Lipinski definition) is 3. The van der Waals surface area contributed by atoms with Crippen LogP contribution >= 0.6 is 11.8 Å². The number of nitrogens with zero attached hydrogens (tertiary/aromatic N) is 3. The van der Waals surface area contributed by atoms with Gasteiger partial charge in [0, 0.05) is 31.9 Å². The summed E-state index contributed by atoms with van der Waals surface area (Å²) in [6.45, 7) is 0. The third-order valence-corrected chi connectivity index (χ3v) is 3.64. The van der Waals surface area contributed by atoms with Crippen molar-refractivity contribution in [3.63, 3.8) is 0 Å². The molecule has 1 rings (SSSR count). The van der Waals surface area contributed by atoms with Gasteiger partial charge in [-0.1, -0.05) is 0 Å². The molecule has 0 bridgehead atoms. The summed E-state index contributed by atoms with van der Waals surface area (Å²) in [6, 6.07) is 4.24. The summed E-state index contributed by atoms with van der Waals surface area (Å²) in [4.78, 5) is 4.21. The summed E-state index contributed by atoms with van der Waals surface area (Å²) in [7, 11) is 8.19. The quantitative estimate of drug-likeness (QED) is 0.575. The van der Waals surface area contributed by atoms with Crippen LogP contribution in [0.5, 0.6) is 0 Å². The fraction of sp³-hybridized carbons (Fsp3) is 0.545. The average Bonchev–Trinajstić information content (AvgIpc) is 2.26. The molecule has 0 amide bonds. The Morgan fingerprint density at radius 3 is 2.25 bits per heavy atom. The normalized spacial score (nSPS) is 12.9. The Hall–Kier alpha value is -0.780. The van der Waals surface area contributed by atoms with E-state index in [1.807, 2.05) is 40.0 Å². The molecule has 0 spiro atoms. The first-order valence-corrected chi connectivity index (χ1v) is 6.33. The van der Waals surface area contributed by atoms with Crippen LogP contribution < -0.4 is 15.2 Å². The molecule has 4 nitrogen and oxygen atoms in total. The predicted molar refractivity (Wildman–Crippen MR) is 68.9 cm³/mol. The third kappa shape index (κ3) is 4.00. The Morgan fingerprint density at radius 1 is 1.25 bits per heavy atom. The lowest BCUT2D eigenvalue weighted by molar-refractivity contribution is -0.676. The van der Waals surface area contributed by atoms with Gasteiger partial charge in [-0.15, -0.1) is 0 Å². The average molecular weight is 242 g/mol. The van der Waals surface area contributed by atoms with E-state index in [2.05, 4.69) is 44.6 Å². The van der Waals surface area contributed by atoms with Gasteiger partial charge in [0.2, 0.25) is 5.88 Å². The maximum Gasteiger partial charge on any atom is 0.201 e. The Balaban J connectivity index is 2.49. The van der Waals surface area contributed by atoms with E-state index < -0.39 is 0 Å². The van der Waals surface area contributed by atoms with E-state index in [-0.39, 0.29) is 0 Å². The van der Waals surface area contributed by atoms with Gasteiger partial charge in [0.05, 0.1) is 0 Å². The molecule has 0 aliphatic carbocycles. The highest BCUT2D eigenvalue weighted by Crippen LogP contribution is 2.08. The second-order valence-corrected chi connectivity index (χ2v) is 5.31. The highest BCUT2D eigenvalue weighted by molar-refractivity contribution is 7.98. The van der Waals surface area contributed by atoms with Crippen LogP contribution in [-0.2, 0) is 5.88 Å². The molecule has 1 atom stereocenters. The maximum atomic E-state index is 4.07. The van der Waals surface area contributed by atoms with Gasteiger partial charge in [-0.3, -0.25) is 4.90 Å². The van der Waals surface area contributed by atoms with Gasteiger partial charge in [-0.05, 0) is 25.9 Å². The molecular formula is C11H22N4S+2. The minimum Gasteiger partial charge on any atom is -0.377 e. The van der Waals surface area contributed by atoms with Crippen LogP contribution in [0.4, 0.5) is 5.69 Å². The fourth-order valence-electron chi connectivity index (χ4n) is 1.15. The highest BCUT2D eigenvalue weighted by atomic mass is 32.2. The zero-order valence-electron chi connectivity index (χ0n) is 10.6. The van der Waals surface area contributed by atoms with E-state index in [4.69, 9.17) is 0 Å². The fourth-order valence-corrected chi connectivity index (χ4v) is 1.97. The van der Waals surface area contributed by atoms with Crippen LogP contribution in [0.2, 0.25) is 0 Å². The van der Waals surface area contributed by atoms with Crippen molar-refractivity contribution in [2.24, 2.45) is 0 Å². The molecule has 5 heteroatoms. The van der Waals surface area contributed by atoms with Crippen molar-refractivity contribution < 1.29 is 10.3 Å². The molecule has 0 saturated heterocycles. The van der Waals surface area contributed by atoms with Gasteiger partial charge in [-0.2, -0.15) is 4.57 Å². The number of thioether (sulfide) groups is 1. The Morgan fingerprint density at radius 2 is 1.81 bits per heavy atom. The number of pyridine rings is 1. The van der Waals surface area contributed by atoms with Gasteiger partial charge in [0.25, 0.3) is 0 Å². The molecule has 0 aliphatic rings. The van der Waals surface area contributed by atoms with Crippen molar-refractivity contribution in [3.05, 3.63) is 24.5 Å². The number of rotatable bonds is 5. The number of aromatic nitrogens is 1. The highest BCUT2D eigenvalue weighted by Gasteiger charge is 2.12. The van der Waals surface area contributed by atoms with Crippen molar-refractivity contribution in [2.45, 2.75) is 11.4 Å². The molecule has 0 radical (unpaired) electrons. The zero-order chi connectivity index (χ0) is 12.1. The second kappa shape index (κ2) is 6.08. The molecule has 0 aliphatic heterocycles. The topological polar surface area (TPSA) is 38.0 Å². The molecule has 1 aromatic rings. The summed E-state index contributed by atoms with van der Waals surface area (Å²) >= 11 is 1.82. The molecular weight excluding hydrogens is 220 g/mol. The molecule has 1 heterocycles. The van der Waals surface area contributed by atoms with E-state index in [0.29, 0.717) is 5.50 Å². The van der Waals surface area contributed by atoms with Gasteiger partial charge in [-0.25, -0.2) is 0 Å². The van der Waals surface area contributed by atoms with E-state index >= 15 is 0 Å². The Labute approximate surface area is 102 Å². The third-order valence-electron chi connectivity index (χ3n) is 2.38. The summed E-state index contributed by atoms with van der Waals surface area (Å²) < 4.78 is 2.17. The molecule has 90 valence electrons. The Bertz CT molecular complexity index is 310. The number of quaternary nitrogens is 1. The van der Waals surface area contributed by atoms with Gasteiger partial charge in [0.15, 0.2) is 17.9 Å². The molecule has 0 saturated carbocycles. The minimum atomic E-state index is 0.293. The second-order valence-electron chi connectivity index (χ2n) is 4.18. The van der Waals surface area contributed by atoms with Crippen LogP contribution in [0.15, 0.2) is 24.5 Å². The largest absolute Gasteiger partial charge is 0.377 e. The number of hydrogen-bond donors (Lipinski definition) is 1. The van der Waals surface area contributed by atoms with E-state index in [1.165, 1.54) is 5.69 Å². The lowest BCUT2D eigenvalue weighted by atomic mass is 10.4. The molecule has 1 aromatic heterocycles. The van der Waals surface area contributed by atoms with Crippen LogP contribution in [0.1, 0.15) is 0 Å². The maximum absolute atomic E-state index is 4.07. The van der Waals surface area contributed by atoms with Crippen LogP contribution in [0.25, 0.3) is 0 Å². The number of anilines is 1. The van der Waals surface area contributed by atoms with Crippen molar-refractivity contribution in [3.8, 4) is 0 Å². The molecule has 1 unspecified atom stereocenters. The lowest BCUT2D eigenvalue weighted by Gasteiger charge is -2.14. The molecule has 3 N–H and O–H groups in total. The van der Waals surface area contributed by atoms with E-state index in [0.717, 1.165) is 5.88 Å². The smallest absolute Gasteiger partial charge is 0.201 e. The monoisotopic (exact) mass is 242 g/mol. The first kappa shape index (κ1) is 13.3. The van der Waals surface area contributed by atoms with Crippen molar-refractivity contribution in [1.29, 1.82) is 0 Å². The lowest BCUT2D eigenvalue weighted by Crippen LogP contribution is -2.65. The standard InChI is InChI=1S/C11H21N4S/c1-13(2)10-5-7-15(8-6-10)9-16-11(12)14(3)4/h5-8,11H,9,12H2,1-4H3/q+1/p+1. The van der Waals surface area contributed by atoms with Crippen LogP contribution in [0, 0.1) is 0 Å². The minimum absolute atomic E-state index is 0.293. The summed E-state index contributed by atoms with van der Waals surface area (Å²) in [6.07, 6.45) is 4.20. The Kier molecular flexibility index (Phi) is 5.05. The summed E-state index contributed by atoms with van der Waals surface area (Å²) in [5.74, 6) is 0.931. The summed E-state index contributed by atoms with van der Waals surface area (Å²) in [5.41, 5.74) is 5.58. The zero-order valence-corrected chi connectivity index (χ0v) is 11.4. The van der Waals surface area contributed by atoms with Crippen LogP contribution in [-0.4, -0.2) is 38.6 Å². The van der Waals surface area contributed by atoms with Crippen molar-refractivity contribution >= 4 is 17.4 Å². The van der Waals surface area contributed by atoms with Gasteiger partial charge in [0.1, 0.15) is 0 Å². The molecule has 0 fully saturated rings. The first-order chi connectivity index (χ1) is 7.50. The van der Waals surface area contributed by atoms with Crippen molar-refractivity contribution in [1.82, 2.24) is 4.90 Å². The van der Waals surface area contributed by atoms with Crippen molar-refractivity contribution in [2.75, 3.05) is 33.1 Å². The van der Waals surface area contributed by atoms with Crippen LogP contribution in [0.3, 0.4) is 0 Å². The molecule has 0 aromatic carbocycles. The van der Waals surface area contributed by atoms with Gasteiger partial charge >= 0.3 is 0 Å². The van der Waals surface area contributed by atoms with Gasteiger partial charge < -0.3 is 10.6 Å². The molecule has 16 heavy (non-hydrogen) atoms. The predicted octanol–water partition coefficient (Wildman–Crippen LogP) is -0.182. The summed E-state index contributed by atoms with van der Waals surface area (Å²) in [5, 5.41) is 0. The van der Waals surface area contributed by atoms with E-state index in [9.17, 15) is 0 Å². The first-order valence-electron chi connectivity index (χ1n) is 5.28.